The molecule has 0 aliphatic carbocycles. The second-order valence-corrected chi connectivity index (χ2v) is 6.92. The zero-order chi connectivity index (χ0) is 18.3. The summed E-state index contributed by atoms with van der Waals surface area (Å²) in [6.07, 6.45) is 6.04. The number of rotatable bonds is 3. The molecule has 1 atom stereocenters. The number of fused-ring (bicyclic) bond motifs is 1. The summed E-state index contributed by atoms with van der Waals surface area (Å²) < 4.78 is 2.07. The Bertz CT molecular complexity index is 1040. The highest BCUT2D eigenvalue weighted by atomic mass is 16.2. The maximum atomic E-state index is 12.7. The van der Waals surface area contributed by atoms with Crippen LogP contribution in [0.4, 0.5) is 5.69 Å². The van der Waals surface area contributed by atoms with E-state index in [-0.39, 0.29) is 11.8 Å². The van der Waals surface area contributed by atoms with Gasteiger partial charge in [-0.1, -0.05) is 24.1 Å². The monoisotopic (exact) mass is 343 g/mol. The third-order valence-electron chi connectivity index (χ3n) is 5.23. The lowest BCUT2D eigenvalue weighted by Crippen LogP contribution is -2.24. The molecule has 1 saturated heterocycles. The fourth-order valence-corrected chi connectivity index (χ4v) is 3.69. The number of carbonyl (C=O) groups is 1. The third kappa shape index (κ3) is 2.66. The molecule has 2 heterocycles. The first kappa shape index (κ1) is 16.4. The van der Waals surface area contributed by atoms with Crippen LogP contribution in [0.25, 0.3) is 11.0 Å². The largest absolute Gasteiger partial charge is 0.316 e. The topological polar surface area (TPSA) is 38.1 Å². The van der Waals surface area contributed by atoms with E-state index in [9.17, 15) is 4.79 Å². The van der Waals surface area contributed by atoms with E-state index in [4.69, 9.17) is 11.4 Å². The average molecular weight is 343 g/mol. The fraction of sp³-hybridized carbons (Fsp3) is 0.273. The van der Waals surface area contributed by atoms with Gasteiger partial charge in [0, 0.05) is 24.6 Å². The molecule has 1 fully saturated rings. The number of amides is 1. The number of anilines is 1. The molecule has 4 nitrogen and oxygen atoms in total. The van der Waals surface area contributed by atoms with Crippen LogP contribution < -0.4 is 4.90 Å². The van der Waals surface area contributed by atoms with Crippen LogP contribution in [0.3, 0.4) is 0 Å². The number of para-hydroxylation sites is 2. The Balaban J connectivity index is 1.71. The Labute approximate surface area is 153 Å². The first-order chi connectivity index (χ1) is 12.6. The normalized spacial score (nSPS) is 17.0. The molecule has 4 heteroatoms. The Morgan fingerprint density at radius 2 is 2.00 bits per heavy atom. The van der Waals surface area contributed by atoms with Gasteiger partial charge >= 0.3 is 0 Å². The molecule has 26 heavy (non-hydrogen) atoms. The molecule has 3 aromatic rings. The molecule has 0 radical (unpaired) electrons. The third-order valence-corrected chi connectivity index (χ3v) is 5.23. The molecular weight excluding hydrogens is 322 g/mol. The van der Waals surface area contributed by atoms with Gasteiger partial charge in [-0.2, -0.15) is 0 Å². The van der Waals surface area contributed by atoms with E-state index in [2.05, 4.69) is 36.5 Å². The van der Waals surface area contributed by atoms with Crippen LogP contribution in [0.15, 0.2) is 42.5 Å². The lowest BCUT2D eigenvalue weighted by molar-refractivity contribution is -0.117. The zero-order valence-electron chi connectivity index (χ0n) is 15.1. The number of hydrogen-bond donors (Lipinski definition) is 0. The molecule has 1 amide bonds. The SMILES string of the molecule is C#CCn1c(C2CC(=O)N(c3ccc(C)c(C)c3)C2)nc2ccccc21. The minimum absolute atomic E-state index is 0.0462. The number of hydrogen-bond acceptors (Lipinski definition) is 2. The van der Waals surface area contributed by atoms with Gasteiger partial charge in [0.05, 0.1) is 17.6 Å². The average Bonchev–Trinajstić information content (AvgIpc) is 3.19. The van der Waals surface area contributed by atoms with Crippen molar-refractivity contribution in [3.63, 3.8) is 0 Å². The predicted molar refractivity (Wildman–Crippen MR) is 104 cm³/mol. The molecule has 130 valence electrons. The van der Waals surface area contributed by atoms with Gasteiger partial charge in [-0.05, 0) is 49.2 Å². The lowest BCUT2D eigenvalue weighted by Gasteiger charge is -2.18. The minimum Gasteiger partial charge on any atom is -0.316 e. The molecule has 0 N–H and O–H groups in total. The molecular formula is C22H21N3O. The summed E-state index contributed by atoms with van der Waals surface area (Å²) in [6.45, 7) is 5.25. The van der Waals surface area contributed by atoms with Crippen LogP contribution >= 0.6 is 0 Å². The number of aromatic nitrogens is 2. The van der Waals surface area contributed by atoms with E-state index in [1.807, 2.05) is 35.2 Å². The molecule has 0 spiro atoms. The van der Waals surface area contributed by atoms with Gasteiger partial charge in [0.15, 0.2) is 0 Å². The van der Waals surface area contributed by atoms with Gasteiger partial charge in [-0.25, -0.2) is 4.98 Å². The Morgan fingerprint density at radius 1 is 1.19 bits per heavy atom. The van der Waals surface area contributed by atoms with Gasteiger partial charge in [0.1, 0.15) is 5.82 Å². The maximum Gasteiger partial charge on any atom is 0.227 e. The van der Waals surface area contributed by atoms with E-state index in [0.717, 1.165) is 22.5 Å². The summed E-state index contributed by atoms with van der Waals surface area (Å²) in [7, 11) is 0. The smallest absolute Gasteiger partial charge is 0.227 e. The molecule has 1 aliphatic rings. The van der Waals surface area contributed by atoms with Crippen molar-refractivity contribution in [2.24, 2.45) is 0 Å². The van der Waals surface area contributed by atoms with Crippen LogP contribution in [0.2, 0.25) is 0 Å². The van der Waals surface area contributed by atoms with Crippen molar-refractivity contribution in [2.75, 3.05) is 11.4 Å². The van der Waals surface area contributed by atoms with Crippen molar-refractivity contribution in [3.8, 4) is 12.3 Å². The van der Waals surface area contributed by atoms with Crippen molar-refractivity contribution in [1.29, 1.82) is 0 Å². The summed E-state index contributed by atoms with van der Waals surface area (Å²) in [5.74, 6) is 3.81. The Morgan fingerprint density at radius 3 is 2.77 bits per heavy atom. The van der Waals surface area contributed by atoms with Gasteiger partial charge in [-0.3, -0.25) is 4.79 Å². The summed E-state index contributed by atoms with van der Waals surface area (Å²) in [6, 6.07) is 14.2. The van der Waals surface area contributed by atoms with Gasteiger partial charge in [0.25, 0.3) is 0 Å². The van der Waals surface area contributed by atoms with Crippen molar-refractivity contribution in [2.45, 2.75) is 32.7 Å². The van der Waals surface area contributed by atoms with Gasteiger partial charge < -0.3 is 9.47 Å². The second kappa shape index (κ2) is 6.34. The second-order valence-electron chi connectivity index (χ2n) is 6.92. The number of nitrogens with zero attached hydrogens (tertiary/aromatic N) is 3. The fourth-order valence-electron chi connectivity index (χ4n) is 3.69. The van der Waals surface area contributed by atoms with Crippen LogP contribution in [-0.2, 0) is 11.3 Å². The highest BCUT2D eigenvalue weighted by Crippen LogP contribution is 2.33. The van der Waals surface area contributed by atoms with E-state index in [1.54, 1.807) is 0 Å². The molecule has 4 rings (SSSR count). The van der Waals surface area contributed by atoms with Crippen LogP contribution in [0.1, 0.15) is 29.3 Å². The quantitative estimate of drug-likeness (QED) is 0.678. The van der Waals surface area contributed by atoms with E-state index < -0.39 is 0 Å². The van der Waals surface area contributed by atoms with Crippen molar-refractivity contribution in [3.05, 3.63) is 59.4 Å². The standard InChI is InChI=1S/C22H21N3O/c1-4-11-24-20-8-6-5-7-19(20)23-22(24)17-13-21(26)25(14-17)18-10-9-15(2)16(3)12-18/h1,5-10,12,17H,11,13-14H2,2-3H3. The van der Waals surface area contributed by atoms with E-state index >= 15 is 0 Å². The highest BCUT2D eigenvalue weighted by molar-refractivity contribution is 5.96. The van der Waals surface area contributed by atoms with Crippen molar-refractivity contribution >= 4 is 22.6 Å². The van der Waals surface area contributed by atoms with Gasteiger partial charge in [0.2, 0.25) is 5.91 Å². The summed E-state index contributed by atoms with van der Waals surface area (Å²) >= 11 is 0. The van der Waals surface area contributed by atoms with E-state index in [0.29, 0.717) is 19.5 Å². The maximum absolute atomic E-state index is 12.7. The molecule has 1 aliphatic heterocycles. The lowest BCUT2D eigenvalue weighted by atomic mass is 10.1. The number of terminal acetylenes is 1. The first-order valence-electron chi connectivity index (χ1n) is 8.84. The zero-order valence-corrected chi connectivity index (χ0v) is 15.1. The highest BCUT2D eigenvalue weighted by Gasteiger charge is 2.34. The van der Waals surface area contributed by atoms with Gasteiger partial charge in [-0.15, -0.1) is 6.42 Å². The molecule has 1 unspecified atom stereocenters. The summed E-state index contributed by atoms with van der Waals surface area (Å²) in [5, 5.41) is 0. The number of benzene rings is 2. The molecule has 0 bridgehead atoms. The van der Waals surface area contributed by atoms with Crippen LogP contribution in [0, 0.1) is 26.2 Å². The molecule has 0 saturated carbocycles. The number of aryl methyl sites for hydroxylation is 2. The minimum atomic E-state index is 0.0462. The predicted octanol–water partition coefficient (Wildman–Crippen LogP) is 3.81. The van der Waals surface area contributed by atoms with Crippen molar-refractivity contribution < 1.29 is 4.79 Å². The summed E-state index contributed by atoms with van der Waals surface area (Å²) in [5.41, 5.74) is 5.33. The number of imidazole rings is 1. The molecule has 1 aromatic heterocycles. The van der Waals surface area contributed by atoms with E-state index in [1.165, 1.54) is 11.1 Å². The summed E-state index contributed by atoms with van der Waals surface area (Å²) in [4.78, 5) is 19.4. The van der Waals surface area contributed by atoms with Crippen molar-refractivity contribution in [1.82, 2.24) is 9.55 Å². The first-order valence-corrected chi connectivity index (χ1v) is 8.84. The molecule has 2 aromatic carbocycles. The Kier molecular flexibility index (Phi) is 4.00. The van der Waals surface area contributed by atoms with Crippen LogP contribution in [-0.4, -0.2) is 22.0 Å². The Hall–Kier alpha value is -3.06. The van der Waals surface area contributed by atoms with Crippen LogP contribution in [0.5, 0.6) is 0 Å². The number of carbonyl (C=O) groups excluding carboxylic acids is 1.